The summed E-state index contributed by atoms with van der Waals surface area (Å²) >= 11 is 0. The fraction of sp³-hybridized carbons (Fsp3) is 0.500. The molecule has 1 aromatic carbocycles. The minimum Gasteiger partial charge on any atom is -0.423 e. The Balaban J connectivity index is 0.000000246. The molecule has 0 saturated heterocycles. The Morgan fingerprint density at radius 2 is 1.50 bits per heavy atom. The fourth-order valence-electron chi connectivity index (χ4n) is 2.07. The van der Waals surface area contributed by atoms with Crippen molar-refractivity contribution in [1.82, 2.24) is 0 Å². The zero-order valence-electron chi connectivity index (χ0n) is 13.2. The van der Waals surface area contributed by atoms with Crippen LogP contribution < -0.4 is 5.63 Å². The van der Waals surface area contributed by atoms with Crippen LogP contribution in [0, 0.1) is 13.8 Å². The largest absolute Gasteiger partial charge is 0.423 e. The van der Waals surface area contributed by atoms with E-state index in [0.717, 1.165) is 10.9 Å². The Kier molecular flexibility index (Phi) is 7.06. The molecule has 0 N–H and O–H groups in total. The number of hydrogen-bond acceptors (Lipinski definition) is 2. The third-order valence-corrected chi connectivity index (χ3v) is 3.57. The molecule has 0 unspecified atom stereocenters. The third-order valence-electron chi connectivity index (χ3n) is 3.57. The molecule has 0 atom stereocenters. The van der Waals surface area contributed by atoms with Crippen molar-refractivity contribution in [2.75, 3.05) is 0 Å². The predicted octanol–water partition coefficient (Wildman–Crippen LogP) is 5.39. The van der Waals surface area contributed by atoms with E-state index in [1.807, 2.05) is 31.2 Å². The summed E-state index contributed by atoms with van der Waals surface area (Å²) in [5.41, 5.74) is 2.12. The van der Waals surface area contributed by atoms with Crippen molar-refractivity contribution in [3.63, 3.8) is 0 Å². The smallest absolute Gasteiger partial charge is 0.339 e. The number of rotatable bonds is 4. The van der Waals surface area contributed by atoms with Crippen LogP contribution in [0.3, 0.4) is 0 Å². The average Bonchev–Trinajstić information content (AvgIpc) is 2.46. The molecular weight excluding hydrogens is 248 g/mol. The predicted molar refractivity (Wildman–Crippen MR) is 86.4 cm³/mol. The van der Waals surface area contributed by atoms with Crippen LogP contribution in [0.15, 0.2) is 33.5 Å². The van der Waals surface area contributed by atoms with Gasteiger partial charge < -0.3 is 4.42 Å². The number of fused-ring (bicyclic) bond motifs is 1. The van der Waals surface area contributed by atoms with E-state index in [1.165, 1.54) is 32.1 Å². The van der Waals surface area contributed by atoms with Gasteiger partial charge in [0.15, 0.2) is 0 Å². The maximum absolute atomic E-state index is 11.3. The van der Waals surface area contributed by atoms with Crippen LogP contribution in [0.2, 0.25) is 0 Å². The van der Waals surface area contributed by atoms with Gasteiger partial charge in [0, 0.05) is 10.9 Å². The summed E-state index contributed by atoms with van der Waals surface area (Å²) in [5.74, 6) is 0. The quantitative estimate of drug-likeness (QED) is 0.553. The van der Waals surface area contributed by atoms with Crippen LogP contribution in [0.1, 0.15) is 57.1 Å². The van der Waals surface area contributed by atoms with Crippen molar-refractivity contribution in [2.45, 2.75) is 59.8 Å². The second-order valence-electron chi connectivity index (χ2n) is 5.20. The lowest BCUT2D eigenvalue weighted by molar-refractivity contribution is 0.553. The second kappa shape index (κ2) is 8.57. The first-order chi connectivity index (χ1) is 9.61. The Hall–Kier alpha value is -1.57. The minimum absolute atomic E-state index is 0.240. The van der Waals surface area contributed by atoms with Gasteiger partial charge in [-0.15, -0.1) is 0 Å². The molecule has 0 aliphatic rings. The number of hydrogen-bond donors (Lipinski definition) is 0. The Bertz CT molecular complexity index is 577. The second-order valence-corrected chi connectivity index (χ2v) is 5.20. The third kappa shape index (κ3) is 4.52. The van der Waals surface area contributed by atoms with Crippen LogP contribution in [-0.4, -0.2) is 0 Å². The van der Waals surface area contributed by atoms with Gasteiger partial charge >= 0.3 is 5.63 Å². The summed E-state index contributed by atoms with van der Waals surface area (Å²) in [6.07, 6.45) is 7.01. The van der Waals surface area contributed by atoms with Crippen LogP contribution in [0.5, 0.6) is 0 Å². The van der Waals surface area contributed by atoms with E-state index in [2.05, 4.69) is 13.8 Å². The van der Waals surface area contributed by atoms with Crippen LogP contribution in [0.25, 0.3) is 11.0 Å². The molecule has 20 heavy (non-hydrogen) atoms. The van der Waals surface area contributed by atoms with Gasteiger partial charge in [-0.1, -0.05) is 64.2 Å². The molecule has 0 spiro atoms. The average molecular weight is 274 g/mol. The van der Waals surface area contributed by atoms with Crippen molar-refractivity contribution in [3.05, 3.63) is 45.8 Å². The van der Waals surface area contributed by atoms with Crippen molar-refractivity contribution in [3.8, 4) is 0 Å². The molecule has 2 nitrogen and oxygen atoms in total. The Labute approximate surface area is 121 Å². The lowest BCUT2D eigenvalue weighted by Crippen LogP contribution is -2.05. The van der Waals surface area contributed by atoms with Crippen molar-refractivity contribution in [2.24, 2.45) is 0 Å². The lowest BCUT2D eigenvalue weighted by Gasteiger charge is -2.02. The summed E-state index contributed by atoms with van der Waals surface area (Å²) < 4.78 is 5.12. The normalized spacial score (nSPS) is 10.2. The number of para-hydroxylation sites is 1. The highest BCUT2D eigenvalue weighted by atomic mass is 16.4. The van der Waals surface area contributed by atoms with Gasteiger partial charge in [-0.3, -0.25) is 0 Å². The molecule has 0 fully saturated rings. The first-order valence-corrected chi connectivity index (χ1v) is 7.60. The van der Waals surface area contributed by atoms with Crippen LogP contribution in [0.4, 0.5) is 0 Å². The van der Waals surface area contributed by atoms with Gasteiger partial charge in [0.2, 0.25) is 0 Å². The van der Waals surface area contributed by atoms with Gasteiger partial charge in [0.1, 0.15) is 5.58 Å². The van der Waals surface area contributed by atoms with Crippen molar-refractivity contribution < 1.29 is 4.42 Å². The monoisotopic (exact) mass is 274 g/mol. The van der Waals surface area contributed by atoms with Crippen molar-refractivity contribution in [1.29, 1.82) is 0 Å². The van der Waals surface area contributed by atoms with E-state index in [4.69, 9.17) is 4.42 Å². The number of benzene rings is 1. The highest BCUT2D eigenvalue weighted by Crippen LogP contribution is 2.17. The summed E-state index contributed by atoms with van der Waals surface area (Å²) in [6.45, 7) is 8.22. The van der Waals surface area contributed by atoms with E-state index < -0.39 is 0 Å². The molecular formula is C18H26O2. The minimum atomic E-state index is -0.240. The van der Waals surface area contributed by atoms with E-state index in [9.17, 15) is 4.79 Å². The molecule has 0 bridgehead atoms. The molecule has 0 aliphatic heterocycles. The molecule has 1 heterocycles. The number of unbranched alkanes of at least 4 members (excludes halogenated alkanes) is 4. The van der Waals surface area contributed by atoms with Gasteiger partial charge in [-0.2, -0.15) is 0 Å². The molecule has 2 rings (SSSR count). The van der Waals surface area contributed by atoms with Crippen LogP contribution >= 0.6 is 0 Å². The molecule has 2 aromatic rings. The van der Waals surface area contributed by atoms with Gasteiger partial charge in [-0.25, -0.2) is 4.79 Å². The van der Waals surface area contributed by atoms with Crippen molar-refractivity contribution >= 4 is 11.0 Å². The molecule has 0 radical (unpaired) electrons. The molecule has 0 aliphatic carbocycles. The zero-order valence-corrected chi connectivity index (χ0v) is 13.2. The highest BCUT2D eigenvalue weighted by Gasteiger charge is 2.05. The SMILES string of the molecule is CCCCCCC.Cc1c(C)c2ccccc2oc1=O. The Morgan fingerprint density at radius 3 is 2.10 bits per heavy atom. The van der Waals surface area contributed by atoms with E-state index in [1.54, 1.807) is 6.92 Å². The van der Waals surface area contributed by atoms with Crippen LogP contribution in [-0.2, 0) is 0 Å². The van der Waals surface area contributed by atoms with Gasteiger partial charge in [0.25, 0.3) is 0 Å². The van der Waals surface area contributed by atoms with E-state index in [0.29, 0.717) is 11.1 Å². The maximum Gasteiger partial charge on any atom is 0.339 e. The molecule has 0 saturated carbocycles. The number of aryl methyl sites for hydroxylation is 1. The lowest BCUT2D eigenvalue weighted by atomic mass is 10.1. The molecule has 110 valence electrons. The first kappa shape index (κ1) is 16.5. The Morgan fingerprint density at radius 1 is 0.900 bits per heavy atom. The van der Waals surface area contributed by atoms with Gasteiger partial charge in [0.05, 0.1) is 0 Å². The summed E-state index contributed by atoms with van der Waals surface area (Å²) in [4.78, 5) is 11.3. The molecule has 2 heteroatoms. The molecule has 0 amide bonds. The highest BCUT2D eigenvalue weighted by molar-refractivity contribution is 5.80. The fourth-order valence-corrected chi connectivity index (χ4v) is 2.07. The van der Waals surface area contributed by atoms with E-state index >= 15 is 0 Å². The first-order valence-electron chi connectivity index (χ1n) is 7.60. The molecule has 1 aromatic heterocycles. The topological polar surface area (TPSA) is 30.2 Å². The summed E-state index contributed by atoms with van der Waals surface area (Å²) in [5, 5.41) is 1.01. The summed E-state index contributed by atoms with van der Waals surface area (Å²) in [7, 11) is 0. The van der Waals surface area contributed by atoms with E-state index in [-0.39, 0.29) is 5.63 Å². The standard InChI is InChI=1S/C11H10O2.C7H16/c1-7-8(2)11(12)13-10-6-4-3-5-9(7)10;1-3-5-7-6-4-2/h3-6H,1-2H3;3-7H2,1-2H3. The summed E-state index contributed by atoms with van der Waals surface area (Å²) in [6, 6.07) is 7.57. The zero-order chi connectivity index (χ0) is 15.0. The maximum atomic E-state index is 11.3. The van der Waals surface area contributed by atoms with Gasteiger partial charge in [-0.05, 0) is 25.5 Å².